The molecule has 0 aliphatic carbocycles. The van der Waals surface area contributed by atoms with Gasteiger partial charge in [-0.05, 0) is 26.3 Å². The number of aromatic nitrogens is 1. The van der Waals surface area contributed by atoms with Crippen molar-refractivity contribution in [3.05, 3.63) is 48.1 Å². The highest BCUT2D eigenvalue weighted by atomic mass is 16.3. The molecule has 1 aliphatic rings. The number of hydrogen-bond acceptors (Lipinski definition) is 4. The van der Waals surface area contributed by atoms with E-state index in [1.54, 1.807) is 0 Å². The van der Waals surface area contributed by atoms with E-state index in [1.165, 1.54) is 5.56 Å². The number of aryl methyl sites for hydroxylation is 2. The number of benzene rings is 1. The molecular formula is C18H19N3O. The highest BCUT2D eigenvalue weighted by Crippen LogP contribution is 2.39. The summed E-state index contributed by atoms with van der Waals surface area (Å²) in [7, 11) is 2.09. The van der Waals surface area contributed by atoms with Gasteiger partial charge in [0.2, 0.25) is 0 Å². The Balaban J connectivity index is 2.03. The number of hydrogen-bond donors (Lipinski definition) is 0. The van der Waals surface area contributed by atoms with Crippen LogP contribution in [0.2, 0.25) is 0 Å². The van der Waals surface area contributed by atoms with Gasteiger partial charge in [0.15, 0.2) is 5.58 Å². The molecule has 0 N–H and O–H groups in total. The molecule has 0 fully saturated rings. The first kappa shape index (κ1) is 13.2. The van der Waals surface area contributed by atoms with Gasteiger partial charge in [-0.15, -0.1) is 0 Å². The molecule has 1 aliphatic heterocycles. The topological polar surface area (TPSA) is 32.5 Å². The van der Waals surface area contributed by atoms with Gasteiger partial charge in [-0.25, -0.2) is 0 Å². The maximum atomic E-state index is 6.21. The molecule has 22 heavy (non-hydrogen) atoms. The molecule has 0 radical (unpaired) electrons. The van der Waals surface area contributed by atoms with Crippen LogP contribution in [0, 0.1) is 13.8 Å². The summed E-state index contributed by atoms with van der Waals surface area (Å²) in [6.07, 6.45) is 6.39. The molecule has 0 bridgehead atoms. The summed E-state index contributed by atoms with van der Waals surface area (Å²) in [5.41, 5.74) is 5.16. The van der Waals surface area contributed by atoms with Crippen molar-refractivity contribution in [1.29, 1.82) is 0 Å². The number of pyridine rings is 1. The second-order valence-corrected chi connectivity index (χ2v) is 6.03. The Hall–Kier alpha value is -2.49. The fourth-order valence-electron chi connectivity index (χ4n) is 3.12. The molecule has 1 unspecified atom stereocenters. The molecule has 0 amide bonds. The van der Waals surface area contributed by atoms with E-state index in [2.05, 4.69) is 60.2 Å². The van der Waals surface area contributed by atoms with Crippen LogP contribution in [0.25, 0.3) is 21.9 Å². The minimum atomic E-state index is 0.275. The van der Waals surface area contributed by atoms with Crippen molar-refractivity contribution in [2.45, 2.75) is 26.9 Å². The fourth-order valence-corrected chi connectivity index (χ4v) is 3.12. The average Bonchev–Trinajstić information content (AvgIpc) is 3.00. The van der Waals surface area contributed by atoms with E-state index in [9.17, 15) is 0 Å². The van der Waals surface area contributed by atoms with E-state index < -0.39 is 0 Å². The van der Waals surface area contributed by atoms with E-state index in [0.717, 1.165) is 33.3 Å². The van der Waals surface area contributed by atoms with E-state index in [1.807, 2.05) is 19.2 Å². The van der Waals surface area contributed by atoms with E-state index >= 15 is 0 Å². The Morgan fingerprint density at radius 1 is 1.14 bits per heavy atom. The second kappa shape index (κ2) is 4.50. The Kier molecular flexibility index (Phi) is 2.70. The van der Waals surface area contributed by atoms with Crippen LogP contribution in [0.1, 0.15) is 18.2 Å². The lowest BCUT2D eigenvalue weighted by molar-refractivity contribution is 0.383. The van der Waals surface area contributed by atoms with E-state index in [0.29, 0.717) is 0 Å². The number of rotatable bonds is 1. The normalized spacial score (nSPS) is 18.1. The quantitative estimate of drug-likeness (QED) is 0.674. The minimum Gasteiger partial charge on any atom is -0.454 e. The molecule has 4 nitrogen and oxygen atoms in total. The summed E-state index contributed by atoms with van der Waals surface area (Å²) in [5.74, 6) is 0. The van der Waals surface area contributed by atoms with Crippen LogP contribution in [0.5, 0.6) is 0 Å². The molecule has 4 rings (SSSR count). The third-order valence-corrected chi connectivity index (χ3v) is 4.55. The van der Waals surface area contributed by atoms with Gasteiger partial charge in [-0.1, -0.05) is 12.1 Å². The van der Waals surface area contributed by atoms with Gasteiger partial charge in [-0.2, -0.15) is 0 Å². The number of anilines is 1. The number of nitrogens with zero attached hydrogens (tertiary/aromatic N) is 3. The number of furan rings is 1. The molecule has 1 atom stereocenters. The first-order valence-corrected chi connectivity index (χ1v) is 7.53. The Morgan fingerprint density at radius 2 is 1.95 bits per heavy atom. The molecule has 4 heteroatoms. The summed E-state index contributed by atoms with van der Waals surface area (Å²) in [5, 5.41) is 2.20. The lowest BCUT2D eigenvalue weighted by Crippen LogP contribution is -2.33. The smallest absolute Gasteiger partial charge is 0.159 e. The van der Waals surface area contributed by atoms with Crippen LogP contribution >= 0.6 is 0 Å². The zero-order valence-corrected chi connectivity index (χ0v) is 13.3. The molecule has 0 saturated heterocycles. The molecule has 1 aromatic carbocycles. The van der Waals surface area contributed by atoms with Gasteiger partial charge in [0.25, 0.3) is 0 Å². The van der Waals surface area contributed by atoms with Gasteiger partial charge in [-0.3, -0.25) is 4.98 Å². The van der Waals surface area contributed by atoms with E-state index in [-0.39, 0.29) is 6.17 Å². The Labute approximate surface area is 129 Å². The molecule has 0 spiro atoms. The molecule has 112 valence electrons. The van der Waals surface area contributed by atoms with Crippen molar-refractivity contribution < 1.29 is 4.42 Å². The maximum Gasteiger partial charge on any atom is 0.159 e. The van der Waals surface area contributed by atoms with Crippen molar-refractivity contribution in [3.63, 3.8) is 0 Å². The lowest BCUT2D eigenvalue weighted by Gasteiger charge is -2.28. The number of fused-ring (bicyclic) bond motifs is 3. The van der Waals surface area contributed by atoms with Crippen LogP contribution in [-0.4, -0.2) is 23.1 Å². The van der Waals surface area contributed by atoms with Gasteiger partial charge in [0.1, 0.15) is 11.7 Å². The zero-order valence-electron chi connectivity index (χ0n) is 13.3. The molecular weight excluding hydrogens is 274 g/mol. The van der Waals surface area contributed by atoms with Gasteiger partial charge < -0.3 is 14.2 Å². The molecule has 2 aromatic heterocycles. The van der Waals surface area contributed by atoms with Crippen LogP contribution in [0.3, 0.4) is 0 Å². The van der Waals surface area contributed by atoms with Crippen molar-refractivity contribution in [3.8, 4) is 0 Å². The average molecular weight is 293 g/mol. The molecule has 0 saturated carbocycles. The van der Waals surface area contributed by atoms with Crippen molar-refractivity contribution in [2.24, 2.45) is 0 Å². The minimum absolute atomic E-state index is 0.275. The summed E-state index contributed by atoms with van der Waals surface area (Å²) in [6, 6.07) is 6.29. The predicted octanol–water partition coefficient (Wildman–Crippen LogP) is 4.17. The van der Waals surface area contributed by atoms with Crippen molar-refractivity contribution >= 4 is 27.6 Å². The summed E-state index contributed by atoms with van der Waals surface area (Å²) in [6.45, 7) is 6.30. The fraction of sp³-hybridized carbons (Fsp3) is 0.278. The summed E-state index contributed by atoms with van der Waals surface area (Å²) < 4.78 is 6.21. The monoisotopic (exact) mass is 293 g/mol. The molecule has 3 aromatic rings. The first-order valence-electron chi connectivity index (χ1n) is 7.53. The van der Waals surface area contributed by atoms with Crippen molar-refractivity contribution in [2.75, 3.05) is 11.9 Å². The molecule has 3 heterocycles. The van der Waals surface area contributed by atoms with E-state index in [4.69, 9.17) is 4.42 Å². The Morgan fingerprint density at radius 3 is 2.68 bits per heavy atom. The lowest BCUT2D eigenvalue weighted by atomic mass is 10.1. The van der Waals surface area contributed by atoms with Crippen LogP contribution < -0.4 is 4.90 Å². The highest BCUT2D eigenvalue weighted by Gasteiger charge is 2.25. The SMILES string of the molecule is Cc1cc2oc3c(N4C=CN(C)C4C)c(C)ccc3c2cn1. The zero-order chi connectivity index (χ0) is 15.4. The largest absolute Gasteiger partial charge is 0.454 e. The van der Waals surface area contributed by atoms with Crippen molar-refractivity contribution in [1.82, 2.24) is 9.88 Å². The van der Waals surface area contributed by atoms with Gasteiger partial charge in [0.05, 0.1) is 5.69 Å². The van der Waals surface area contributed by atoms with Crippen LogP contribution in [-0.2, 0) is 0 Å². The highest BCUT2D eigenvalue weighted by molar-refractivity contribution is 6.09. The van der Waals surface area contributed by atoms with Crippen LogP contribution in [0.15, 0.2) is 41.2 Å². The summed E-state index contributed by atoms with van der Waals surface area (Å²) in [4.78, 5) is 8.86. The third kappa shape index (κ3) is 1.73. The Bertz CT molecular complexity index is 909. The standard InChI is InChI=1S/C18H19N3O/c1-11-5-6-14-15-10-19-12(2)9-16(15)22-18(14)17(11)21-8-7-20(4)13(21)3/h5-10,13H,1-4H3. The summed E-state index contributed by atoms with van der Waals surface area (Å²) >= 11 is 0. The van der Waals surface area contributed by atoms with Gasteiger partial charge >= 0.3 is 0 Å². The van der Waals surface area contributed by atoms with Crippen LogP contribution in [0.4, 0.5) is 5.69 Å². The first-order chi connectivity index (χ1) is 10.6. The van der Waals surface area contributed by atoms with Gasteiger partial charge in [0, 0.05) is 48.2 Å². The maximum absolute atomic E-state index is 6.21. The third-order valence-electron chi connectivity index (χ3n) is 4.55. The predicted molar refractivity (Wildman–Crippen MR) is 89.8 cm³/mol. The second-order valence-electron chi connectivity index (χ2n) is 6.03.